The summed E-state index contributed by atoms with van der Waals surface area (Å²) >= 11 is 0. The first kappa shape index (κ1) is 4.42. The molecule has 0 amide bonds. The second-order valence-corrected chi connectivity index (χ2v) is 2.75. The smallest absolute Gasteiger partial charge is 0.0175 e. The van der Waals surface area contributed by atoms with Gasteiger partial charge < -0.3 is 5.32 Å². The van der Waals surface area contributed by atoms with E-state index in [1.54, 1.807) is 0 Å². The summed E-state index contributed by atoms with van der Waals surface area (Å²) in [4.78, 5) is 0. The molecule has 0 spiro atoms. The van der Waals surface area contributed by atoms with E-state index in [0.717, 1.165) is 5.92 Å². The fourth-order valence-corrected chi connectivity index (χ4v) is 1.51. The molecule has 2 bridgehead atoms. The van der Waals surface area contributed by atoms with Crippen molar-refractivity contribution in [1.29, 1.82) is 0 Å². The van der Waals surface area contributed by atoms with Crippen molar-refractivity contribution < 1.29 is 0 Å². The number of hydrogen-bond donors (Lipinski definition) is 1. The van der Waals surface area contributed by atoms with Gasteiger partial charge in [-0.1, -0.05) is 6.08 Å². The normalized spacial score (nSPS) is 34.0. The van der Waals surface area contributed by atoms with E-state index in [1.165, 1.54) is 31.5 Å². The highest BCUT2D eigenvalue weighted by Gasteiger charge is 2.19. The van der Waals surface area contributed by atoms with Crippen LogP contribution in [-0.2, 0) is 0 Å². The van der Waals surface area contributed by atoms with Crippen LogP contribution in [0.4, 0.5) is 0 Å². The van der Waals surface area contributed by atoms with Crippen LogP contribution in [0.5, 0.6) is 0 Å². The van der Waals surface area contributed by atoms with Crippen molar-refractivity contribution in [2.45, 2.75) is 19.3 Å². The maximum Gasteiger partial charge on any atom is 0.0175 e. The van der Waals surface area contributed by atoms with Crippen LogP contribution in [0.15, 0.2) is 11.8 Å². The predicted octanol–water partition coefficient (Wildman–Crippen LogP) is 1.27. The lowest BCUT2D eigenvalue weighted by Gasteiger charge is -2.30. The Morgan fingerprint density at radius 2 is 2.62 bits per heavy atom. The van der Waals surface area contributed by atoms with E-state index in [-0.39, 0.29) is 0 Å². The summed E-state index contributed by atoms with van der Waals surface area (Å²) in [7, 11) is 0. The molecule has 2 heterocycles. The fourth-order valence-electron chi connectivity index (χ4n) is 1.51. The number of rotatable bonds is 0. The Morgan fingerprint density at radius 3 is 2.75 bits per heavy atom. The van der Waals surface area contributed by atoms with E-state index in [1.807, 2.05) is 0 Å². The largest absolute Gasteiger partial charge is 0.388 e. The Balaban J connectivity index is 2.22. The molecular formula is C7H11N. The number of allylic oxidation sites excluding steroid dienone is 2. The summed E-state index contributed by atoms with van der Waals surface area (Å²) in [5.41, 5.74) is 1.49. The van der Waals surface area contributed by atoms with Gasteiger partial charge in [0.25, 0.3) is 0 Å². The van der Waals surface area contributed by atoms with Crippen LogP contribution in [0, 0.1) is 5.92 Å². The van der Waals surface area contributed by atoms with E-state index in [9.17, 15) is 0 Å². The molecule has 1 unspecified atom stereocenters. The average molecular weight is 109 g/mol. The molecule has 1 N–H and O–H groups in total. The molecule has 0 aromatic rings. The molecule has 3 rings (SSSR count). The zero-order valence-corrected chi connectivity index (χ0v) is 4.98. The van der Waals surface area contributed by atoms with Crippen molar-refractivity contribution >= 4 is 0 Å². The van der Waals surface area contributed by atoms with E-state index >= 15 is 0 Å². The highest BCUT2D eigenvalue weighted by molar-refractivity contribution is 5.09. The predicted molar refractivity (Wildman–Crippen MR) is 33.4 cm³/mol. The molecule has 1 fully saturated rings. The molecule has 3 aliphatic rings. The van der Waals surface area contributed by atoms with Crippen molar-refractivity contribution in [3.05, 3.63) is 11.8 Å². The molecule has 0 saturated carbocycles. The quantitative estimate of drug-likeness (QED) is 0.494. The highest BCUT2D eigenvalue weighted by Crippen LogP contribution is 2.26. The van der Waals surface area contributed by atoms with Crippen molar-refractivity contribution in [2.24, 2.45) is 5.92 Å². The first-order valence-corrected chi connectivity index (χ1v) is 3.38. The summed E-state index contributed by atoms with van der Waals surface area (Å²) in [6, 6.07) is 0. The molecule has 1 saturated heterocycles. The highest BCUT2D eigenvalue weighted by atomic mass is 14.9. The van der Waals surface area contributed by atoms with Crippen LogP contribution in [0.3, 0.4) is 0 Å². The van der Waals surface area contributed by atoms with Crippen LogP contribution in [0.25, 0.3) is 0 Å². The van der Waals surface area contributed by atoms with E-state index < -0.39 is 0 Å². The summed E-state index contributed by atoms with van der Waals surface area (Å²) in [6.07, 6.45) is 6.42. The molecule has 8 heavy (non-hydrogen) atoms. The Kier molecular flexibility index (Phi) is 0.833. The summed E-state index contributed by atoms with van der Waals surface area (Å²) in [6.45, 7) is 1.24. The Labute approximate surface area is 49.8 Å². The molecule has 0 aromatic heterocycles. The zero-order valence-electron chi connectivity index (χ0n) is 4.98. The summed E-state index contributed by atoms with van der Waals surface area (Å²) < 4.78 is 0. The van der Waals surface area contributed by atoms with Gasteiger partial charge in [0.1, 0.15) is 0 Å². The van der Waals surface area contributed by atoms with E-state index in [2.05, 4.69) is 11.4 Å². The summed E-state index contributed by atoms with van der Waals surface area (Å²) in [5.74, 6) is 0.965. The topological polar surface area (TPSA) is 12.0 Å². The molecule has 0 radical (unpaired) electrons. The Hall–Kier alpha value is -0.460. The molecule has 0 aromatic carbocycles. The molecule has 1 aliphatic carbocycles. The molecular weight excluding hydrogens is 98.1 g/mol. The van der Waals surface area contributed by atoms with Crippen molar-refractivity contribution in [2.75, 3.05) is 6.54 Å². The van der Waals surface area contributed by atoms with Gasteiger partial charge in [0, 0.05) is 12.2 Å². The van der Waals surface area contributed by atoms with E-state index in [4.69, 9.17) is 0 Å². The molecule has 1 heteroatoms. The van der Waals surface area contributed by atoms with Crippen LogP contribution in [0.2, 0.25) is 0 Å². The third kappa shape index (κ3) is 0.540. The minimum atomic E-state index is 0.965. The minimum absolute atomic E-state index is 0.965. The third-order valence-electron chi connectivity index (χ3n) is 2.14. The van der Waals surface area contributed by atoms with Gasteiger partial charge in [0.15, 0.2) is 0 Å². The number of nitrogens with one attached hydrogen (secondary N) is 1. The maximum atomic E-state index is 3.38. The van der Waals surface area contributed by atoms with Gasteiger partial charge in [0.05, 0.1) is 0 Å². The van der Waals surface area contributed by atoms with Crippen molar-refractivity contribution in [3.63, 3.8) is 0 Å². The lowest BCUT2D eigenvalue weighted by molar-refractivity contribution is 0.388. The summed E-state index contributed by atoms with van der Waals surface area (Å²) in [5, 5.41) is 3.38. The van der Waals surface area contributed by atoms with Crippen LogP contribution >= 0.6 is 0 Å². The van der Waals surface area contributed by atoms with Crippen LogP contribution < -0.4 is 5.32 Å². The van der Waals surface area contributed by atoms with Crippen molar-refractivity contribution in [3.8, 4) is 0 Å². The SMILES string of the molecule is C1=C2CCC(C1)CN2. The van der Waals surface area contributed by atoms with Gasteiger partial charge in [0.2, 0.25) is 0 Å². The lowest BCUT2D eigenvalue weighted by Crippen LogP contribution is -2.31. The molecule has 1 atom stereocenters. The average Bonchev–Trinajstić information content (AvgIpc) is 1.92. The number of piperidine rings is 1. The van der Waals surface area contributed by atoms with Crippen LogP contribution in [0.1, 0.15) is 19.3 Å². The monoisotopic (exact) mass is 109 g/mol. The van der Waals surface area contributed by atoms with Gasteiger partial charge in [-0.05, 0) is 25.2 Å². The Morgan fingerprint density at radius 1 is 1.62 bits per heavy atom. The molecule has 1 nitrogen and oxygen atoms in total. The van der Waals surface area contributed by atoms with Gasteiger partial charge in [-0.25, -0.2) is 0 Å². The zero-order chi connectivity index (χ0) is 5.40. The first-order valence-electron chi connectivity index (χ1n) is 3.38. The minimum Gasteiger partial charge on any atom is -0.388 e. The van der Waals surface area contributed by atoms with E-state index in [0.29, 0.717) is 0 Å². The first-order chi connectivity index (χ1) is 3.95. The fraction of sp³-hybridized carbons (Fsp3) is 0.714. The molecule has 44 valence electrons. The van der Waals surface area contributed by atoms with Gasteiger partial charge >= 0.3 is 0 Å². The van der Waals surface area contributed by atoms with Crippen molar-refractivity contribution in [1.82, 2.24) is 5.32 Å². The van der Waals surface area contributed by atoms with Gasteiger partial charge in [-0.2, -0.15) is 0 Å². The molecule has 2 aliphatic heterocycles. The lowest BCUT2D eigenvalue weighted by atomic mass is 9.88. The van der Waals surface area contributed by atoms with Crippen LogP contribution in [-0.4, -0.2) is 6.54 Å². The van der Waals surface area contributed by atoms with Gasteiger partial charge in [-0.15, -0.1) is 0 Å². The van der Waals surface area contributed by atoms with Gasteiger partial charge in [-0.3, -0.25) is 0 Å². The second kappa shape index (κ2) is 1.51. The number of fused-ring (bicyclic) bond motifs is 3. The Bertz CT molecular complexity index is 116. The number of hydrogen-bond acceptors (Lipinski definition) is 1. The maximum absolute atomic E-state index is 3.38. The third-order valence-corrected chi connectivity index (χ3v) is 2.14. The standard InChI is InChI=1S/C7H11N/c1-3-7-4-2-6(1)5-8-7/h3,6,8H,1-2,4-5H2. The second-order valence-electron chi connectivity index (χ2n) is 2.75.